The van der Waals surface area contributed by atoms with E-state index in [-0.39, 0.29) is 31.1 Å². The molecule has 0 fully saturated rings. The van der Waals surface area contributed by atoms with E-state index >= 15 is 0 Å². The van der Waals surface area contributed by atoms with E-state index in [0.717, 1.165) is 96.3 Å². The lowest BCUT2D eigenvalue weighted by Crippen LogP contribution is -2.30. The smallest absolute Gasteiger partial charge is 0.306 e. The van der Waals surface area contributed by atoms with Gasteiger partial charge in [-0.1, -0.05) is 331 Å². The zero-order valence-electron chi connectivity index (χ0n) is 54.1. The van der Waals surface area contributed by atoms with Crippen molar-refractivity contribution in [1.29, 1.82) is 0 Å². The van der Waals surface area contributed by atoms with E-state index in [1.807, 2.05) is 0 Å². The molecule has 6 heteroatoms. The average molecular weight is 1130 g/mol. The van der Waals surface area contributed by atoms with Gasteiger partial charge < -0.3 is 14.2 Å². The van der Waals surface area contributed by atoms with Crippen molar-refractivity contribution in [2.45, 2.75) is 374 Å². The van der Waals surface area contributed by atoms with Gasteiger partial charge >= 0.3 is 17.9 Å². The summed E-state index contributed by atoms with van der Waals surface area (Å²) in [6, 6.07) is 0. The van der Waals surface area contributed by atoms with Gasteiger partial charge in [0.05, 0.1) is 0 Å². The van der Waals surface area contributed by atoms with Crippen LogP contribution in [0.15, 0.2) is 72.9 Å². The van der Waals surface area contributed by atoms with E-state index in [0.29, 0.717) is 19.3 Å². The maximum Gasteiger partial charge on any atom is 0.306 e. The molecule has 0 aliphatic heterocycles. The van der Waals surface area contributed by atoms with Crippen molar-refractivity contribution in [3.8, 4) is 0 Å². The predicted octanol–water partition coefficient (Wildman–Crippen LogP) is 24.4. The fraction of sp³-hybridized carbons (Fsp3) is 0.800. The summed E-state index contributed by atoms with van der Waals surface area (Å²) in [6.45, 7) is 6.53. The molecule has 0 aliphatic rings. The van der Waals surface area contributed by atoms with Gasteiger partial charge in [0.2, 0.25) is 0 Å². The molecule has 0 aromatic rings. The van der Waals surface area contributed by atoms with Gasteiger partial charge in [-0.25, -0.2) is 0 Å². The Morgan fingerprint density at radius 1 is 0.259 bits per heavy atom. The molecule has 0 rings (SSSR count). The summed E-state index contributed by atoms with van der Waals surface area (Å²) in [5.41, 5.74) is 0. The Kier molecular flexibility index (Phi) is 66.6. The van der Waals surface area contributed by atoms with Crippen molar-refractivity contribution in [3.05, 3.63) is 72.9 Å². The molecule has 0 amide bonds. The third-order valence-electron chi connectivity index (χ3n) is 15.7. The summed E-state index contributed by atoms with van der Waals surface area (Å²) in [6.07, 6.45) is 91.1. The minimum atomic E-state index is -0.776. The number of carbonyl (C=O) groups excluding carboxylic acids is 3. The minimum absolute atomic E-state index is 0.0738. The van der Waals surface area contributed by atoms with E-state index in [2.05, 4.69) is 93.7 Å². The number of esters is 3. The molecule has 0 saturated carbocycles. The summed E-state index contributed by atoms with van der Waals surface area (Å²) in [7, 11) is 0. The molecule has 0 heterocycles. The van der Waals surface area contributed by atoms with Gasteiger partial charge in [-0.05, 0) is 89.9 Å². The Bertz CT molecular complexity index is 1490. The van der Waals surface area contributed by atoms with Gasteiger partial charge in [0, 0.05) is 19.3 Å². The fourth-order valence-electron chi connectivity index (χ4n) is 10.4. The number of carbonyl (C=O) groups is 3. The highest BCUT2D eigenvalue weighted by atomic mass is 16.6. The summed E-state index contributed by atoms with van der Waals surface area (Å²) < 4.78 is 16.9. The first-order valence-electron chi connectivity index (χ1n) is 35.4. The highest BCUT2D eigenvalue weighted by Crippen LogP contribution is 2.18. The molecule has 0 radical (unpaired) electrons. The number of hydrogen-bond donors (Lipinski definition) is 0. The molecule has 0 aromatic carbocycles. The van der Waals surface area contributed by atoms with Gasteiger partial charge in [-0.2, -0.15) is 0 Å². The third kappa shape index (κ3) is 67.5. The van der Waals surface area contributed by atoms with Crippen molar-refractivity contribution >= 4 is 17.9 Å². The van der Waals surface area contributed by atoms with Crippen molar-refractivity contribution in [2.24, 2.45) is 0 Å². The van der Waals surface area contributed by atoms with Crippen LogP contribution in [0.2, 0.25) is 0 Å². The largest absolute Gasteiger partial charge is 0.462 e. The molecule has 0 saturated heterocycles. The van der Waals surface area contributed by atoms with Crippen molar-refractivity contribution in [3.63, 3.8) is 0 Å². The monoisotopic (exact) mass is 1130 g/mol. The van der Waals surface area contributed by atoms with Crippen LogP contribution in [0.25, 0.3) is 0 Å². The van der Waals surface area contributed by atoms with Crippen molar-refractivity contribution < 1.29 is 28.6 Å². The first-order valence-corrected chi connectivity index (χ1v) is 35.4. The average Bonchev–Trinajstić information content (AvgIpc) is 3.46. The third-order valence-corrected chi connectivity index (χ3v) is 15.7. The van der Waals surface area contributed by atoms with Crippen molar-refractivity contribution in [2.75, 3.05) is 13.2 Å². The van der Waals surface area contributed by atoms with E-state index in [4.69, 9.17) is 14.2 Å². The Morgan fingerprint density at radius 3 is 0.765 bits per heavy atom. The van der Waals surface area contributed by atoms with Gasteiger partial charge in [0.15, 0.2) is 6.10 Å². The maximum absolute atomic E-state index is 12.9. The number of rotatable bonds is 65. The van der Waals surface area contributed by atoms with Gasteiger partial charge in [-0.15, -0.1) is 0 Å². The number of unbranched alkanes of at least 4 members (excludes halogenated alkanes) is 42. The van der Waals surface area contributed by atoms with Crippen LogP contribution in [0.5, 0.6) is 0 Å². The number of ether oxygens (including phenoxy) is 3. The van der Waals surface area contributed by atoms with E-state index < -0.39 is 6.10 Å². The zero-order valence-corrected chi connectivity index (χ0v) is 54.1. The van der Waals surface area contributed by atoms with Gasteiger partial charge in [-0.3, -0.25) is 14.4 Å². The Labute approximate surface area is 503 Å². The second-order valence-corrected chi connectivity index (χ2v) is 23.8. The van der Waals surface area contributed by atoms with Crippen LogP contribution in [-0.4, -0.2) is 37.2 Å². The lowest BCUT2D eigenvalue weighted by atomic mass is 10.0. The topological polar surface area (TPSA) is 78.9 Å². The molecule has 0 aromatic heterocycles. The summed E-state index contributed by atoms with van der Waals surface area (Å²) >= 11 is 0. The van der Waals surface area contributed by atoms with Crippen LogP contribution in [0, 0.1) is 0 Å². The fourth-order valence-corrected chi connectivity index (χ4v) is 10.4. The van der Waals surface area contributed by atoms with E-state index in [1.165, 1.54) is 231 Å². The molecule has 0 bridgehead atoms. The molecule has 1 unspecified atom stereocenters. The van der Waals surface area contributed by atoms with Gasteiger partial charge in [0.1, 0.15) is 13.2 Å². The second-order valence-electron chi connectivity index (χ2n) is 23.8. The summed E-state index contributed by atoms with van der Waals surface area (Å²) in [5, 5.41) is 0. The Morgan fingerprint density at radius 2 is 0.481 bits per heavy atom. The van der Waals surface area contributed by atoms with Gasteiger partial charge in [0.25, 0.3) is 0 Å². The minimum Gasteiger partial charge on any atom is -0.462 e. The standard InChI is InChI=1S/C75H134O6/c1-4-7-10-13-16-18-20-22-24-26-28-30-32-34-35-36-37-38-39-41-42-44-46-48-50-52-54-56-59-62-65-68-74(77)80-71-72(70-79-73(76)67-64-61-58-15-12-9-6-3)81-75(78)69-66-63-60-57-55-53-51-49-47-45-43-40-33-31-29-27-25-23-21-19-17-14-11-8-5-2/h8,11,17,19,23,25-26,28-29,31,40,43,72H,4-7,9-10,12-16,18,20-22,24,27,30,32-39,41-42,44-71H2,1-3H3/b11-8-,19-17-,25-23-,28-26-,31-29-,43-40-. The molecule has 0 N–H and O–H groups in total. The Hall–Kier alpha value is -3.15. The zero-order chi connectivity index (χ0) is 58.5. The molecule has 0 spiro atoms. The number of hydrogen-bond acceptors (Lipinski definition) is 6. The molecular formula is C75H134O6. The first-order chi connectivity index (χ1) is 40.0. The normalized spacial score (nSPS) is 12.5. The predicted molar refractivity (Wildman–Crippen MR) is 353 cm³/mol. The van der Waals surface area contributed by atoms with E-state index in [1.54, 1.807) is 0 Å². The lowest BCUT2D eigenvalue weighted by Gasteiger charge is -2.18. The summed E-state index contributed by atoms with van der Waals surface area (Å²) in [4.78, 5) is 38.2. The van der Waals surface area contributed by atoms with Crippen LogP contribution in [0.4, 0.5) is 0 Å². The molecule has 1 atom stereocenters. The summed E-state index contributed by atoms with van der Waals surface area (Å²) in [5.74, 6) is -0.868. The number of allylic oxidation sites excluding steroid dienone is 12. The maximum atomic E-state index is 12.9. The molecule has 81 heavy (non-hydrogen) atoms. The van der Waals surface area contributed by atoms with Crippen LogP contribution in [-0.2, 0) is 28.6 Å². The van der Waals surface area contributed by atoms with Crippen LogP contribution in [0.1, 0.15) is 367 Å². The Balaban J connectivity index is 4.04. The molecule has 6 nitrogen and oxygen atoms in total. The first kappa shape index (κ1) is 77.9. The van der Waals surface area contributed by atoms with Crippen LogP contribution in [0.3, 0.4) is 0 Å². The lowest BCUT2D eigenvalue weighted by molar-refractivity contribution is -0.167. The van der Waals surface area contributed by atoms with Crippen LogP contribution < -0.4 is 0 Å². The van der Waals surface area contributed by atoms with Crippen LogP contribution >= 0.6 is 0 Å². The highest BCUT2D eigenvalue weighted by molar-refractivity contribution is 5.71. The molecule has 470 valence electrons. The van der Waals surface area contributed by atoms with Crippen molar-refractivity contribution in [1.82, 2.24) is 0 Å². The quantitative estimate of drug-likeness (QED) is 0.0261. The highest BCUT2D eigenvalue weighted by Gasteiger charge is 2.19. The molecule has 0 aliphatic carbocycles. The molecular weight excluding hydrogens is 997 g/mol. The van der Waals surface area contributed by atoms with E-state index in [9.17, 15) is 14.4 Å². The SMILES string of the molecule is CC/C=C\C/C=C\C/C=C\C/C=C\C/C=C\CCCCCCCCCCCC(=O)OC(COC(=O)CCCCCCCCC)COC(=O)CCCCCCCCCCCCCCCCCCCCC/C=C\CCCCCCCCCC. The second kappa shape index (κ2) is 69.3.